The van der Waals surface area contributed by atoms with E-state index < -0.39 is 23.5 Å². The predicted molar refractivity (Wildman–Crippen MR) is 86.7 cm³/mol. The minimum absolute atomic E-state index is 0.0552. The molecule has 0 radical (unpaired) electrons. The molecule has 0 aromatic carbocycles. The first-order chi connectivity index (χ1) is 11.7. The van der Waals surface area contributed by atoms with Crippen molar-refractivity contribution < 1.29 is 18.0 Å². The third kappa shape index (κ3) is 4.57. The predicted octanol–water partition coefficient (Wildman–Crippen LogP) is 2.33. The van der Waals surface area contributed by atoms with E-state index in [1.165, 1.54) is 17.1 Å². The first-order valence-electron chi connectivity index (χ1n) is 6.70. The lowest BCUT2D eigenvalue weighted by molar-refractivity contribution is -0.110. The molecule has 0 spiro atoms. The fourth-order valence-corrected chi connectivity index (χ4v) is 1.88. The Balaban J connectivity index is 2.22. The van der Waals surface area contributed by atoms with E-state index in [4.69, 9.17) is 17.3 Å². The molecule has 25 heavy (non-hydrogen) atoms. The van der Waals surface area contributed by atoms with Crippen molar-refractivity contribution in [2.24, 2.45) is 10.7 Å². The van der Waals surface area contributed by atoms with Crippen LogP contribution in [0.2, 0.25) is 5.15 Å². The van der Waals surface area contributed by atoms with E-state index in [1.54, 1.807) is 18.3 Å². The number of nitrogens with zero attached hydrogens (tertiary/aromatic N) is 4. The second-order valence-electron chi connectivity index (χ2n) is 4.65. The molecular formula is C14H12ClF3N6O. The van der Waals surface area contributed by atoms with E-state index in [0.29, 0.717) is 11.8 Å². The molecular weight excluding hydrogens is 361 g/mol. The molecule has 2 aromatic rings. The summed E-state index contributed by atoms with van der Waals surface area (Å²) in [6.45, 7) is 0. The van der Waals surface area contributed by atoms with Gasteiger partial charge in [0.15, 0.2) is 5.15 Å². The fourth-order valence-electron chi connectivity index (χ4n) is 1.71. The molecule has 3 N–H and O–H groups in total. The van der Waals surface area contributed by atoms with Gasteiger partial charge in [0.1, 0.15) is 11.4 Å². The van der Waals surface area contributed by atoms with Gasteiger partial charge in [0.2, 0.25) is 0 Å². The molecule has 0 bridgehead atoms. The van der Waals surface area contributed by atoms with Crippen LogP contribution in [0.3, 0.4) is 0 Å². The van der Waals surface area contributed by atoms with Crippen LogP contribution in [0.1, 0.15) is 0 Å². The number of aromatic nitrogens is 3. The molecule has 0 fully saturated rings. The lowest BCUT2D eigenvalue weighted by Gasteiger charge is -2.07. The second kappa shape index (κ2) is 7.34. The maximum atomic E-state index is 12.5. The van der Waals surface area contributed by atoms with Gasteiger partial charge in [-0.25, -0.2) is 4.68 Å². The zero-order chi connectivity index (χ0) is 18.6. The van der Waals surface area contributed by atoms with Gasteiger partial charge < -0.3 is 11.1 Å². The maximum Gasteiger partial charge on any atom is 0.430 e. The number of hydrogen-bond acceptors (Lipinski definition) is 5. The summed E-state index contributed by atoms with van der Waals surface area (Å²) < 4.78 is 38.8. The molecule has 132 valence electrons. The van der Waals surface area contributed by atoms with E-state index in [1.807, 2.05) is 0 Å². The van der Waals surface area contributed by atoms with Crippen LogP contribution in [0.25, 0.3) is 5.69 Å². The third-order valence-corrected chi connectivity index (χ3v) is 3.20. The molecule has 2 rings (SSSR count). The summed E-state index contributed by atoms with van der Waals surface area (Å²) >= 11 is 5.94. The van der Waals surface area contributed by atoms with Crippen LogP contribution in [-0.4, -0.2) is 39.6 Å². The van der Waals surface area contributed by atoms with Crippen molar-refractivity contribution in [3.05, 3.63) is 47.6 Å². The molecule has 0 saturated carbocycles. The van der Waals surface area contributed by atoms with Crippen LogP contribution >= 0.6 is 11.6 Å². The molecule has 7 nitrogen and oxygen atoms in total. The highest BCUT2D eigenvalue weighted by atomic mass is 35.5. The van der Waals surface area contributed by atoms with E-state index in [9.17, 15) is 18.0 Å². The number of pyridine rings is 1. The van der Waals surface area contributed by atoms with Crippen molar-refractivity contribution in [1.29, 1.82) is 0 Å². The molecule has 1 amide bonds. The van der Waals surface area contributed by atoms with E-state index in [0.717, 1.165) is 7.05 Å². The molecule has 0 saturated heterocycles. The summed E-state index contributed by atoms with van der Waals surface area (Å²) in [5, 5.41) is 6.27. The van der Waals surface area contributed by atoms with Crippen molar-refractivity contribution >= 4 is 28.9 Å². The molecule has 2 heterocycles. The first kappa shape index (κ1) is 18.5. The summed E-state index contributed by atoms with van der Waals surface area (Å²) in [5.74, 6) is -0.915. The Kier molecular flexibility index (Phi) is 5.42. The van der Waals surface area contributed by atoms with Crippen LogP contribution in [-0.2, 0) is 4.79 Å². The molecule has 0 aliphatic carbocycles. The largest absolute Gasteiger partial charge is 0.430 e. The summed E-state index contributed by atoms with van der Waals surface area (Å²) in [7, 11) is 1.16. The Morgan fingerprint density at radius 2 is 2.20 bits per heavy atom. The number of carbonyl (C=O) groups is 1. The van der Waals surface area contributed by atoms with Crippen LogP contribution in [0.15, 0.2) is 47.5 Å². The van der Waals surface area contributed by atoms with Gasteiger partial charge in [0, 0.05) is 13.2 Å². The molecule has 0 atom stereocenters. The number of nitrogens with one attached hydrogen (secondary N) is 1. The smallest absolute Gasteiger partial charge is 0.395 e. The number of anilines is 1. The number of amides is 1. The number of rotatable bonds is 4. The molecule has 11 heteroatoms. The first-order valence-corrected chi connectivity index (χ1v) is 7.08. The van der Waals surface area contributed by atoms with Crippen LogP contribution in [0.5, 0.6) is 0 Å². The highest BCUT2D eigenvalue weighted by Crippen LogP contribution is 2.23. The summed E-state index contributed by atoms with van der Waals surface area (Å²) in [6.07, 6.45) is 0.147. The topological polar surface area (TPSA) is 98.2 Å². The quantitative estimate of drug-likeness (QED) is 0.805. The monoisotopic (exact) mass is 372 g/mol. The Morgan fingerprint density at radius 3 is 2.76 bits per heavy atom. The lowest BCUT2D eigenvalue weighted by Crippen LogP contribution is -2.26. The maximum absolute atomic E-state index is 12.5. The van der Waals surface area contributed by atoms with E-state index >= 15 is 0 Å². The van der Waals surface area contributed by atoms with Crippen LogP contribution in [0.4, 0.5) is 18.9 Å². The summed E-state index contributed by atoms with van der Waals surface area (Å²) in [4.78, 5) is 19.5. The van der Waals surface area contributed by atoms with E-state index in [2.05, 4.69) is 20.4 Å². The zero-order valence-electron chi connectivity index (χ0n) is 12.8. The highest BCUT2D eigenvalue weighted by molar-refractivity contribution is 6.47. The van der Waals surface area contributed by atoms with Gasteiger partial charge in [-0.2, -0.15) is 18.3 Å². The van der Waals surface area contributed by atoms with E-state index in [-0.39, 0.29) is 10.8 Å². The average Bonchev–Trinajstić information content (AvgIpc) is 2.93. The van der Waals surface area contributed by atoms with Gasteiger partial charge in [-0.05, 0) is 18.2 Å². The summed E-state index contributed by atoms with van der Waals surface area (Å²) in [6, 6.07) is 3.38. The van der Waals surface area contributed by atoms with Crippen molar-refractivity contribution in [3.8, 4) is 5.69 Å². The van der Waals surface area contributed by atoms with Crippen LogP contribution in [0, 0.1) is 0 Å². The lowest BCUT2D eigenvalue weighted by atomic mass is 10.2. The number of carbonyl (C=O) groups excluding carboxylic acids is 1. The van der Waals surface area contributed by atoms with Gasteiger partial charge >= 0.3 is 6.18 Å². The third-order valence-electron chi connectivity index (χ3n) is 2.92. The van der Waals surface area contributed by atoms with Gasteiger partial charge in [-0.3, -0.25) is 14.8 Å². The normalized spacial score (nSPS) is 13.0. The molecule has 0 aliphatic rings. The number of nitrogens with two attached hydrogens (primary N) is 1. The number of hydrogen-bond donors (Lipinski definition) is 2. The molecule has 0 aliphatic heterocycles. The minimum atomic E-state index is -4.76. The standard InChI is InChI=1S/C14H12ClF3N6O/c1-20-9(5-11(19)14(16,17)18)13(25)22-10-7-24(23-12(10)15)8-3-2-4-21-6-8/h2-7H,19H2,1H3,(H,22,25)/b11-5-,20-9?. The van der Waals surface area contributed by atoms with Gasteiger partial charge in [0.05, 0.1) is 23.8 Å². The van der Waals surface area contributed by atoms with Crippen molar-refractivity contribution in [2.75, 3.05) is 12.4 Å². The zero-order valence-corrected chi connectivity index (χ0v) is 13.5. The number of alkyl halides is 3. The highest BCUT2D eigenvalue weighted by Gasteiger charge is 2.32. The minimum Gasteiger partial charge on any atom is -0.395 e. The number of allylic oxidation sites excluding steroid dienone is 1. The van der Waals surface area contributed by atoms with Crippen molar-refractivity contribution in [2.45, 2.75) is 6.18 Å². The SMILES string of the molecule is CN=C(/C=C(\N)C(F)(F)F)C(=O)Nc1cn(-c2cccnc2)nc1Cl. The van der Waals surface area contributed by atoms with Gasteiger partial charge in [-0.1, -0.05) is 11.6 Å². The van der Waals surface area contributed by atoms with Crippen molar-refractivity contribution in [3.63, 3.8) is 0 Å². The molecule has 0 unspecified atom stereocenters. The Bertz CT molecular complexity index is 829. The fraction of sp³-hybridized carbons (Fsp3) is 0.143. The number of halogens is 4. The number of aliphatic imine (C=N–C) groups is 1. The Morgan fingerprint density at radius 1 is 1.48 bits per heavy atom. The average molecular weight is 373 g/mol. The summed E-state index contributed by atoms with van der Waals surface area (Å²) in [5.41, 5.74) is 3.61. The molecule has 2 aromatic heterocycles. The second-order valence-corrected chi connectivity index (χ2v) is 5.01. The Labute approximate surface area is 145 Å². The van der Waals surface area contributed by atoms with Gasteiger partial charge in [-0.15, -0.1) is 0 Å². The Hall–Kier alpha value is -2.88. The van der Waals surface area contributed by atoms with Gasteiger partial charge in [0.25, 0.3) is 5.91 Å². The van der Waals surface area contributed by atoms with Crippen LogP contribution < -0.4 is 11.1 Å². The van der Waals surface area contributed by atoms with Crippen molar-refractivity contribution in [1.82, 2.24) is 14.8 Å².